The number of rotatable bonds is 13. The molecule has 0 aliphatic rings. The SMILES string of the molecule is CCCN(CC(=O)N(CCc1ccc(OC)c(OC)c1)Cc1ccc(C)s1)S(=O)(=O)c1ccc(Cl)cc1. The van der Waals surface area contributed by atoms with Crippen molar-refractivity contribution in [1.82, 2.24) is 9.21 Å². The van der Waals surface area contributed by atoms with Crippen molar-refractivity contribution in [3.8, 4) is 11.5 Å². The number of hydrogen-bond donors (Lipinski definition) is 0. The highest BCUT2D eigenvalue weighted by Gasteiger charge is 2.28. The molecule has 7 nitrogen and oxygen atoms in total. The van der Waals surface area contributed by atoms with Crippen LogP contribution in [0.3, 0.4) is 0 Å². The summed E-state index contributed by atoms with van der Waals surface area (Å²) >= 11 is 7.57. The van der Waals surface area contributed by atoms with Crippen molar-refractivity contribution in [1.29, 1.82) is 0 Å². The number of hydrogen-bond acceptors (Lipinski definition) is 6. The Hall–Kier alpha value is -2.59. The maximum Gasteiger partial charge on any atom is 0.243 e. The molecule has 10 heteroatoms. The van der Waals surface area contributed by atoms with E-state index in [1.165, 1.54) is 28.6 Å². The summed E-state index contributed by atoms with van der Waals surface area (Å²) in [6, 6.07) is 15.7. The number of halogens is 1. The highest BCUT2D eigenvalue weighted by molar-refractivity contribution is 7.89. The number of methoxy groups -OCH3 is 2. The van der Waals surface area contributed by atoms with Crippen molar-refractivity contribution in [2.75, 3.05) is 33.9 Å². The Morgan fingerprint density at radius 1 is 0.973 bits per heavy atom. The highest BCUT2D eigenvalue weighted by atomic mass is 35.5. The van der Waals surface area contributed by atoms with Gasteiger partial charge in [0.05, 0.1) is 32.2 Å². The van der Waals surface area contributed by atoms with Gasteiger partial charge in [-0.3, -0.25) is 4.79 Å². The van der Waals surface area contributed by atoms with Crippen LogP contribution in [0.15, 0.2) is 59.5 Å². The summed E-state index contributed by atoms with van der Waals surface area (Å²) in [7, 11) is -0.694. The molecule has 0 unspecified atom stereocenters. The molecular formula is C27H33ClN2O5S2. The van der Waals surface area contributed by atoms with E-state index < -0.39 is 10.0 Å². The lowest BCUT2D eigenvalue weighted by atomic mass is 10.1. The lowest BCUT2D eigenvalue weighted by Crippen LogP contribution is -2.43. The summed E-state index contributed by atoms with van der Waals surface area (Å²) in [5, 5.41) is 0.449. The zero-order chi connectivity index (χ0) is 27.0. The van der Waals surface area contributed by atoms with Gasteiger partial charge in [0, 0.05) is 27.9 Å². The average molecular weight is 565 g/mol. The number of thiophene rings is 1. The Bertz CT molecular complexity index is 1290. The van der Waals surface area contributed by atoms with Gasteiger partial charge in [0.15, 0.2) is 11.5 Å². The van der Waals surface area contributed by atoms with Crippen LogP contribution in [0.5, 0.6) is 11.5 Å². The Balaban J connectivity index is 1.82. The van der Waals surface area contributed by atoms with Crippen molar-refractivity contribution in [2.24, 2.45) is 0 Å². The van der Waals surface area contributed by atoms with Crippen molar-refractivity contribution >= 4 is 38.9 Å². The average Bonchev–Trinajstić information content (AvgIpc) is 3.30. The third kappa shape index (κ3) is 7.70. The van der Waals surface area contributed by atoms with Gasteiger partial charge in [0.25, 0.3) is 0 Å². The molecule has 0 aliphatic heterocycles. The minimum Gasteiger partial charge on any atom is -0.493 e. The van der Waals surface area contributed by atoms with Gasteiger partial charge in [-0.25, -0.2) is 8.42 Å². The third-order valence-corrected chi connectivity index (χ3v) is 8.95. The Kier molecular flexibility index (Phi) is 10.4. The lowest BCUT2D eigenvalue weighted by molar-refractivity contribution is -0.132. The molecule has 0 atom stereocenters. The van der Waals surface area contributed by atoms with Gasteiger partial charge in [0.1, 0.15) is 0 Å². The first kappa shape index (κ1) is 29.0. The highest BCUT2D eigenvalue weighted by Crippen LogP contribution is 2.28. The molecule has 1 heterocycles. The molecule has 0 radical (unpaired) electrons. The van der Waals surface area contributed by atoms with Crippen LogP contribution in [0.4, 0.5) is 0 Å². The zero-order valence-corrected chi connectivity index (χ0v) is 24.0. The number of carbonyl (C=O) groups excluding carboxylic acids is 1. The molecule has 0 aliphatic carbocycles. The summed E-state index contributed by atoms with van der Waals surface area (Å²) in [4.78, 5) is 17.6. The second-order valence-corrected chi connectivity index (χ2v) is 12.3. The molecule has 3 aromatic rings. The molecule has 0 saturated carbocycles. The van der Waals surface area contributed by atoms with E-state index in [0.29, 0.717) is 42.5 Å². The molecule has 1 amide bonds. The van der Waals surface area contributed by atoms with E-state index in [0.717, 1.165) is 15.3 Å². The first-order chi connectivity index (χ1) is 17.7. The van der Waals surface area contributed by atoms with Gasteiger partial charge in [-0.1, -0.05) is 24.6 Å². The lowest BCUT2D eigenvalue weighted by Gasteiger charge is -2.27. The van der Waals surface area contributed by atoms with Gasteiger partial charge >= 0.3 is 0 Å². The number of carbonyl (C=O) groups is 1. The predicted octanol–water partition coefficient (Wildman–Crippen LogP) is 5.40. The van der Waals surface area contributed by atoms with Crippen LogP contribution in [0, 0.1) is 6.92 Å². The second-order valence-electron chi connectivity index (χ2n) is 8.56. The molecule has 0 fully saturated rings. The van der Waals surface area contributed by atoms with E-state index >= 15 is 0 Å². The molecular weight excluding hydrogens is 532 g/mol. The minimum absolute atomic E-state index is 0.115. The predicted molar refractivity (Wildman–Crippen MR) is 148 cm³/mol. The molecule has 200 valence electrons. The van der Waals surface area contributed by atoms with Crippen molar-refractivity contribution in [3.63, 3.8) is 0 Å². The fraction of sp³-hybridized carbons (Fsp3) is 0.370. The largest absolute Gasteiger partial charge is 0.493 e. The first-order valence-electron chi connectivity index (χ1n) is 12.0. The van der Waals surface area contributed by atoms with Crippen LogP contribution in [0.25, 0.3) is 0 Å². The summed E-state index contributed by atoms with van der Waals surface area (Å²) < 4.78 is 38.7. The van der Waals surface area contributed by atoms with E-state index in [9.17, 15) is 13.2 Å². The van der Waals surface area contributed by atoms with Crippen LogP contribution in [-0.4, -0.2) is 57.4 Å². The third-order valence-electron chi connectivity index (χ3n) is 5.85. The normalized spacial score (nSPS) is 11.5. The van der Waals surface area contributed by atoms with Gasteiger partial charge in [-0.05, 0) is 73.9 Å². The van der Waals surface area contributed by atoms with Gasteiger partial charge in [-0.2, -0.15) is 4.31 Å². The first-order valence-corrected chi connectivity index (χ1v) is 14.6. The van der Waals surface area contributed by atoms with E-state index in [2.05, 4.69) is 0 Å². The quantitative estimate of drug-likeness (QED) is 0.278. The van der Waals surface area contributed by atoms with E-state index in [1.807, 2.05) is 44.2 Å². The number of ether oxygens (including phenoxy) is 2. The molecule has 2 aromatic carbocycles. The summed E-state index contributed by atoms with van der Waals surface area (Å²) in [5.74, 6) is 1.00. The second kappa shape index (κ2) is 13.3. The maximum atomic E-state index is 13.6. The molecule has 3 rings (SSSR count). The number of aryl methyl sites for hydroxylation is 1. The zero-order valence-electron chi connectivity index (χ0n) is 21.6. The molecule has 1 aromatic heterocycles. The van der Waals surface area contributed by atoms with Crippen LogP contribution in [0.2, 0.25) is 5.02 Å². The standard InChI is InChI=1S/C27H33ClN2O5S2/c1-5-15-30(37(32,33)24-11-8-22(28)9-12-24)19-27(31)29(18-23-10-6-20(2)36-23)16-14-21-7-13-25(34-3)26(17-21)35-4/h6-13,17H,5,14-16,18-19H2,1-4H3. The molecule has 0 N–H and O–H groups in total. The van der Waals surface area contributed by atoms with Crippen LogP contribution in [0.1, 0.15) is 28.7 Å². The van der Waals surface area contributed by atoms with Crippen LogP contribution in [-0.2, 0) is 27.8 Å². The van der Waals surface area contributed by atoms with E-state index in [4.69, 9.17) is 21.1 Å². The number of sulfonamides is 1. The Morgan fingerprint density at radius 3 is 2.27 bits per heavy atom. The number of amides is 1. The molecule has 0 bridgehead atoms. The monoisotopic (exact) mass is 564 g/mol. The maximum absolute atomic E-state index is 13.6. The smallest absolute Gasteiger partial charge is 0.243 e. The van der Waals surface area contributed by atoms with Crippen LogP contribution < -0.4 is 9.47 Å². The molecule has 0 saturated heterocycles. The van der Waals surface area contributed by atoms with Crippen molar-refractivity contribution in [2.45, 2.75) is 38.1 Å². The van der Waals surface area contributed by atoms with Crippen molar-refractivity contribution in [3.05, 3.63) is 74.9 Å². The van der Waals surface area contributed by atoms with Crippen LogP contribution >= 0.6 is 22.9 Å². The van der Waals surface area contributed by atoms with E-state index in [1.54, 1.807) is 30.5 Å². The van der Waals surface area contributed by atoms with Gasteiger partial charge < -0.3 is 14.4 Å². The summed E-state index contributed by atoms with van der Waals surface area (Å²) in [5.41, 5.74) is 0.983. The Morgan fingerprint density at radius 2 is 1.68 bits per heavy atom. The fourth-order valence-corrected chi connectivity index (χ4v) is 6.40. The number of benzene rings is 2. The summed E-state index contributed by atoms with van der Waals surface area (Å²) in [6.07, 6.45) is 1.16. The Labute approximate surface area is 228 Å². The fourth-order valence-electron chi connectivity index (χ4n) is 3.89. The summed E-state index contributed by atoms with van der Waals surface area (Å²) in [6.45, 7) is 4.73. The molecule has 0 spiro atoms. The van der Waals surface area contributed by atoms with Gasteiger partial charge in [0.2, 0.25) is 15.9 Å². The molecule has 37 heavy (non-hydrogen) atoms. The number of nitrogens with zero attached hydrogens (tertiary/aromatic N) is 2. The van der Waals surface area contributed by atoms with Crippen molar-refractivity contribution < 1.29 is 22.7 Å². The van der Waals surface area contributed by atoms with E-state index in [-0.39, 0.29) is 23.9 Å². The minimum atomic E-state index is -3.86. The topological polar surface area (TPSA) is 76.2 Å². The van der Waals surface area contributed by atoms with Gasteiger partial charge in [-0.15, -0.1) is 11.3 Å².